The topological polar surface area (TPSA) is 83.4 Å². The summed E-state index contributed by atoms with van der Waals surface area (Å²) < 4.78 is 14.1. The van der Waals surface area contributed by atoms with Gasteiger partial charge in [-0.3, -0.25) is 19.6 Å². The van der Waals surface area contributed by atoms with Crippen molar-refractivity contribution in [1.29, 1.82) is 0 Å². The van der Waals surface area contributed by atoms with E-state index in [2.05, 4.69) is 9.97 Å². The summed E-state index contributed by atoms with van der Waals surface area (Å²) in [6.45, 7) is 1.73. The SMILES string of the molecule is Cc1ccc(/C(O)=C2/C(=O)C(=O)N(Cc3cccnc3)C2c2ccncc2)cc1F. The zero-order valence-electron chi connectivity index (χ0n) is 16.1. The third-order valence-corrected chi connectivity index (χ3v) is 5.08. The van der Waals surface area contributed by atoms with Gasteiger partial charge in [0.05, 0.1) is 11.6 Å². The number of aromatic nitrogens is 2. The average Bonchev–Trinajstić information content (AvgIpc) is 3.01. The number of amides is 1. The molecular weight excluding hydrogens is 385 g/mol. The molecule has 0 saturated carbocycles. The third kappa shape index (κ3) is 3.45. The minimum Gasteiger partial charge on any atom is -0.507 e. The number of hydrogen-bond donors (Lipinski definition) is 1. The zero-order valence-corrected chi connectivity index (χ0v) is 16.1. The van der Waals surface area contributed by atoms with Crippen molar-refractivity contribution in [2.75, 3.05) is 0 Å². The molecule has 1 N–H and O–H groups in total. The number of pyridine rings is 2. The first kappa shape index (κ1) is 19.4. The van der Waals surface area contributed by atoms with Crippen molar-refractivity contribution in [3.63, 3.8) is 0 Å². The fraction of sp³-hybridized carbons (Fsp3) is 0.130. The van der Waals surface area contributed by atoms with Crippen molar-refractivity contribution in [3.05, 3.63) is 101 Å². The van der Waals surface area contributed by atoms with Crippen molar-refractivity contribution in [1.82, 2.24) is 14.9 Å². The minimum absolute atomic E-state index is 0.0849. The van der Waals surface area contributed by atoms with Gasteiger partial charge in [0.2, 0.25) is 0 Å². The van der Waals surface area contributed by atoms with E-state index in [0.29, 0.717) is 11.1 Å². The molecule has 0 spiro atoms. The van der Waals surface area contributed by atoms with Crippen LogP contribution in [0.15, 0.2) is 72.8 Å². The van der Waals surface area contributed by atoms with Gasteiger partial charge in [-0.2, -0.15) is 0 Å². The van der Waals surface area contributed by atoms with Gasteiger partial charge in [-0.25, -0.2) is 4.39 Å². The Hall–Kier alpha value is -3.87. The molecule has 3 heterocycles. The number of carbonyl (C=O) groups is 2. The standard InChI is InChI=1S/C23H18FN3O3/c1-14-4-5-17(11-18(14)24)21(28)19-20(16-6-9-25-10-7-16)27(23(30)22(19)29)13-15-3-2-8-26-12-15/h2-12,20,28H,13H2,1H3/b21-19-. The molecule has 7 heteroatoms. The minimum atomic E-state index is -0.836. The lowest BCUT2D eigenvalue weighted by atomic mass is 9.95. The zero-order chi connectivity index (χ0) is 21.3. The van der Waals surface area contributed by atoms with Crippen LogP contribution >= 0.6 is 0 Å². The number of nitrogens with zero attached hydrogens (tertiary/aromatic N) is 3. The maximum absolute atomic E-state index is 14.1. The highest BCUT2D eigenvalue weighted by molar-refractivity contribution is 6.46. The number of likely N-dealkylation sites (tertiary alicyclic amines) is 1. The van der Waals surface area contributed by atoms with Gasteiger partial charge in [-0.05, 0) is 47.9 Å². The van der Waals surface area contributed by atoms with E-state index < -0.39 is 29.3 Å². The molecule has 1 fully saturated rings. The number of aryl methyl sites for hydroxylation is 1. The van der Waals surface area contributed by atoms with Gasteiger partial charge >= 0.3 is 0 Å². The first-order valence-electron chi connectivity index (χ1n) is 9.31. The van der Waals surface area contributed by atoms with E-state index >= 15 is 0 Å². The molecule has 1 aliphatic heterocycles. The van der Waals surface area contributed by atoms with Gasteiger partial charge in [0.15, 0.2) is 0 Å². The molecule has 0 aliphatic carbocycles. The Morgan fingerprint density at radius 3 is 2.53 bits per heavy atom. The van der Waals surface area contributed by atoms with Crippen molar-refractivity contribution < 1.29 is 19.1 Å². The lowest BCUT2D eigenvalue weighted by Gasteiger charge is -2.25. The van der Waals surface area contributed by atoms with Gasteiger partial charge in [0.25, 0.3) is 11.7 Å². The average molecular weight is 403 g/mol. The summed E-state index contributed by atoms with van der Waals surface area (Å²) in [5.41, 5.74) is 1.81. The molecule has 1 aromatic carbocycles. The van der Waals surface area contributed by atoms with Gasteiger partial charge in [-0.1, -0.05) is 18.2 Å². The van der Waals surface area contributed by atoms with E-state index in [4.69, 9.17) is 0 Å². The lowest BCUT2D eigenvalue weighted by molar-refractivity contribution is -0.140. The van der Waals surface area contributed by atoms with E-state index in [9.17, 15) is 19.1 Å². The van der Waals surface area contributed by atoms with Crippen molar-refractivity contribution in [2.45, 2.75) is 19.5 Å². The fourth-order valence-corrected chi connectivity index (χ4v) is 3.52. The second kappa shape index (κ2) is 7.87. The summed E-state index contributed by atoms with van der Waals surface area (Å²) in [6.07, 6.45) is 6.32. The maximum Gasteiger partial charge on any atom is 0.295 e. The summed E-state index contributed by atoms with van der Waals surface area (Å²) in [5, 5.41) is 10.9. The van der Waals surface area contributed by atoms with E-state index in [1.807, 2.05) is 0 Å². The van der Waals surface area contributed by atoms with Crippen LogP contribution in [0, 0.1) is 12.7 Å². The summed E-state index contributed by atoms with van der Waals surface area (Å²) in [5.74, 6) is -2.49. The highest BCUT2D eigenvalue weighted by Crippen LogP contribution is 2.40. The molecule has 1 atom stereocenters. The molecule has 4 rings (SSSR count). The summed E-state index contributed by atoms with van der Waals surface area (Å²) in [4.78, 5) is 35.2. The monoisotopic (exact) mass is 403 g/mol. The number of hydrogen-bond acceptors (Lipinski definition) is 5. The summed E-state index contributed by atoms with van der Waals surface area (Å²) in [6, 6.07) is 10.2. The molecule has 1 unspecified atom stereocenters. The molecule has 30 heavy (non-hydrogen) atoms. The van der Waals surface area contributed by atoms with Crippen LogP contribution in [0.2, 0.25) is 0 Å². The Bertz CT molecular complexity index is 1150. The first-order chi connectivity index (χ1) is 14.5. The molecule has 3 aromatic rings. The second-order valence-corrected chi connectivity index (χ2v) is 7.03. The molecule has 1 amide bonds. The van der Waals surface area contributed by atoms with Gasteiger partial charge < -0.3 is 10.0 Å². The molecule has 6 nitrogen and oxygen atoms in total. The molecule has 0 bridgehead atoms. The first-order valence-corrected chi connectivity index (χ1v) is 9.31. The van der Waals surface area contributed by atoms with Gasteiger partial charge in [0, 0.05) is 36.9 Å². The lowest BCUT2D eigenvalue weighted by Crippen LogP contribution is -2.29. The molecule has 0 radical (unpaired) electrons. The van der Waals surface area contributed by atoms with Crippen LogP contribution in [-0.4, -0.2) is 31.7 Å². The molecular formula is C23H18FN3O3. The number of Topliss-reactive ketones (excluding diaryl/α,β-unsaturated/α-hetero) is 1. The largest absolute Gasteiger partial charge is 0.507 e. The Labute approximate surface area is 172 Å². The summed E-state index contributed by atoms with van der Waals surface area (Å²) in [7, 11) is 0. The Morgan fingerprint density at radius 2 is 1.87 bits per heavy atom. The predicted octanol–water partition coefficient (Wildman–Crippen LogP) is 3.55. The number of benzene rings is 1. The summed E-state index contributed by atoms with van der Waals surface area (Å²) >= 11 is 0. The number of ketones is 1. The van der Waals surface area contributed by atoms with Crippen molar-refractivity contribution in [2.24, 2.45) is 0 Å². The predicted molar refractivity (Wildman–Crippen MR) is 107 cm³/mol. The van der Waals surface area contributed by atoms with E-state index in [1.54, 1.807) is 56.0 Å². The number of halogens is 1. The highest BCUT2D eigenvalue weighted by atomic mass is 19.1. The quantitative estimate of drug-likeness (QED) is 0.409. The Morgan fingerprint density at radius 1 is 1.10 bits per heavy atom. The third-order valence-electron chi connectivity index (χ3n) is 5.08. The van der Waals surface area contributed by atoms with E-state index in [1.165, 1.54) is 17.0 Å². The van der Waals surface area contributed by atoms with Crippen molar-refractivity contribution >= 4 is 17.4 Å². The van der Waals surface area contributed by atoms with Crippen LogP contribution in [0.5, 0.6) is 0 Å². The molecule has 150 valence electrons. The van der Waals surface area contributed by atoms with Crippen LogP contribution in [0.4, 0.5) is 4.39 Å². The smallest absolute Gasteiger partial charge is 0.295 e. The number of rotatable bonds is 4. The van der Waals surface area contributed by atoms with Gasteiger partial charge in [-0.15, -0.1) is 0 Å². The second-order valence-electron chi connectivity index (χ2n) is 7.03. The molecule has 1 aliphatic rings. The molecule has 2 aromatic heterocycles. The Kier molecular flexibility index (Phi) is 5.10. The van der Waals surface area contributed by atoms with Crippen LogP contribution in [0.1, 0.15) is 28.3 Å². The normalized spacial score (nSPS) is 18.1. The van der Waals surface area contributed by atoms with Gasteiger partial charge in [0.1, 0.15) is 11.6 Å². The number of aliphatic hydroxyl groups excluding tert-OH is 1. The van der Waals surface area contributed by atoms with Crippen LogP contribution < -0.4 is 0 Å². The van der Waals surface area contributed by atoms with Crippen LogP contribution in [0.3, 0.4) is 0 Å². The Balaban J connectivity index is 1.86. The van der Waals surface area contributed by atoms with Crippen LogP contribution in [-0.2, 0) is 16.1 Å². The van der Waals surface area contributed by atoms with Crippen LogP contribution in [0.25, 0.3) is 5.76 Å². The molecule has 1 saturated heterocycles. The highest BCUT2D eigenvalue weighted by Gasteiger charge is 2.46. The van der Waals surface area contributed by atoms with E-state index in [0.717, 1.165) is 11.6 Å². The van der Waals surface area contributed by atoms with Crippen molar-refractivity contribution in [3.8, 4) is 0 Å². The van der Waals surface area contributed by atoms with E-state index in [-0.39, 0.29) is 17.7 Å². The maximum atomic E-state index is 14.1. The fourth-order valence-electron chi connectivity index (χ4n) is 3.52. The number of aliphatic hydroxyl groups is 1. The number of carbonyl (C=O) groups excluding carboxylic acids is 2.